The van der Waals surface area contributed by atoms with Crippen molar-refractivity contribution in [3.63, 3.8) is 0 Å². The van der Waals surface area contributed by atoms with Crippen LogP contribution in [0, 0.1) is 0 Å². The molecule has 0 bridgehead atoms. The van der Waals surface area contributed by atoms with Gasteiger partial charge in [-0.2, -0.15) is 0 Å². The zero-order valence-electron chi connectivity index (χ0n) is 9.40. The number of hydrogen-bond acceptors (Lipinski definition) is 4. The molecule has 0 atom stereocenters. The lowest BCUT2D eigenvalue weighted by molar-refractivity contribution is -0.128. The summed E-state index contributed by atoms with van der Waals surface area (Å²) in [5.74, 6) is -1.02. The van der Waals surface area contributed by atoms with Gasteiger partial charge in [0, 0.05) is 0 Å². The van der Waals surface area contributed by atoms with Crippen LogP contribution in [0.3, 0.4) is 0 Å². The van der Waals surface area contributed by atoms with Crippen LogP contribution in [0.4, 0.5) is 4.79 Å². The van der Waals surface area contributed by atoms with Crippen LogP contribution in [0.15, 0.2) is 10.5 Å². The molecule has 2 rings (SSSR count). The summed E-state index contributed by atoms with van der Waals surface area (Å²) in [7, 11) is 0. The quantitative estimate of drug-likeness (QED) is 0.755. The number of amides is 3. The zero-order valence-corrected chi connectivity index (χ0v) is 10.2. The average molecular weight is 254 g/mol. The van der Waals surface area contributed by atoms with Crippen LogP contribution in [0.2, 0.25) is 0 Å². The molecule has 1 saturated carbocycles. The van der Waals surface area contributed by atoms with Crippen LogP contribution in [0.25, 0.3) is 0 Å². The highest BCUT2D eigenvalue weighted by Crippen LogP contribution is 2.37. The van der Waals surface area contributed by atoms with E-state index in [4.69, 9.17) is 5.73 Å². The van der Waals surface area contributed by atoms with Gasteiger partial charge in [-0.1, -0.05) is 12.0 Å². The molecule has 1 heterocycles. The van der Waals surface area contributed by atoms with Crippen molar-refractivity contribution in [2.75, 3.05) is 6.54 Å². The first-order chi connectivity index (χ1) is 8.09. The van der Waals surface area contributed by atoms with Crippen molar-refractivity contribution < 1.29 is 14.4 Å². The Morgan fingerprint density at radius 1 is 1.24 bits per heavy atom. The Hall–Kier alpha value is -1.30. The van der Waals surface area contributed by atoms with Crippen LogP contribution in [-0.2, 0) is 9.59 Å². The summed E-state index contributed by atoms with van der Waals surface area (Å²) in [6, 6.07) is 0. The summed E-state index contributed by atoms with van der Waals surface area (Å²) in [5, 5.41) is -0.387. The van der Waals surface area contributed by atoms with E-state index < -0.39 is 5.91 Å². The predicted molar refractivity (Wildman–Crippen MR) is 64.0 cm³/mol. The van der Waals surface area contributed by atoms with Gasteiger partial charge in [0.25, 0.3) is 11.1 Å². The molecule has 0 radical (unpaired) electrons. The summed E-state index contributed by atoms with van der Waals surface area (Å²) in [6.07, 6.45) is 5.07. The SMILES string of the molecule is NC(=O)CN1C(=O)SC(=C2CCCCC2)C1=O. The highest BCUT2D eigenvalue weighted by Gasteiger charge is 2.37. The highest BCUT2D eigenvalue weighted by atomic mass is 32.2. The lowest BCUT2D eigenvalue weighted by atomic mass is 9.94. The fourth-order valence-corrected chi connectivity index (χ4v) is 3.09. The molecule has 1 aliphatic carbocycles. The normalized spacial score (nSPS) is 21.3. The van der Waals surface area contributed by atoms with E-state index in [-0.39, 0.29) is 17.7 Å². The van der Waals surface area contributed by atoms with Crippen LogP contribution in [0.1, 0.15) is 32.1 Å². The van der Waals surface area contributed by atoms with E-state index in [1.54, 1.807) is 0 Å². The van der Waals surface area contributed by atoms with Gasteiger partial charge < -0.3 is 5.73 Å². The smallest absolute Gasteiger partial charge is 0.294 e. The third-order valence-electron chi connectivity index (χ3n) is 2.94. The van der Waals surface area contributed by atoms with Crippen molar-refractivity contribution in [1.82, 2.24) is 4.90 Å². The first kappa shape index (κ1) is 12.2. The number of imide groups is 1. The molecule has 2 aliphatic rings. The summed E-state index contributed by atoms with van der Waals surface area (Å²) >= 11 is 0.940. The first-order valence-electron chi connectivity index (χ1n) is 5.63. The lowest BCUT2D eigenvalue weighted by Crippen LogP contribution is -2.36. The van der Waals surface area contributed by atoms with Crippen molar-refractivity contribution in [2.45, 2.75) is 32.1 Å². The molecular weight excluding hydrogens is 240 g/mol. The summed E-state index contributed by atoms with van der Waals surface area (Å²) in [4.78, 5) is 35.8. The monoisotopic (exact) mass is 254 g/mol. The van der Waals surface area contributed by atoms with Crippen molar-refractivity contribution in [3.05, 3.63) is 10.5 Å². The maximum absolute atomic E-state index is 12.0. The van der Waals surface area contributed by atoms with Gasteiger partial charge in [0.15, 0.2) is 0 Å². The van der Waals surface area contributed by atoms with Crippen LogP contribution >= 0.6 is 11.8 Å². The molecule has 3 amide bonds. The molecule has 0 aromatic heterocycles. The van der Waals surface area contributed by atoms with Gasteiger partial charge in [-0.3, -0.25) is 19.3 Å². The Labute approximate surface area is 103 Å². The minimum atomic E-state index is -0.665. The summed E-state index contributed by atoms with van der Waals surface area (Å²) in [6.45, 7) is -0.318. The third-order valence-corrected chi connectivity index (χ3v) is 4.00. The molecule has 92 valence electrons. The maximum atomic E-state index is 12.0. The number of hydrogen-bond donors (Lipinski definition) is 1. The second-order valence-corrected chi connectivity index (χ2v) is 5.18. The van der Waals surface area contributed by atoms with E-state index in [1.807, 2.05) is 0 Å². The summed E-state index contributed by atoms with van der Waals surface area (Å²) in [5.41, 5.74) is 6.07. The Morgan fingerprint density at radius 2 is 1.88 bits per heavy atom. The maximum Gasteiger partial charge on any atom is 0.294 e. The van der Waals surface area contributed by atoms with E-state index in [2.05, 4.69) is 0 Å². The number of nitrogens with two attached hydrogens (primary N) is 1. The Kier molecular flexibility index (Phi) is 3.51. The summed E-state index contributed by atoms with van der Waals surface area (Å²) < 4.78 is 0. The van der Waals surface area contributed by atoms with Gasteiger partial charge in [-0.05, 0) is 37.4 Å². The van der Waals surface area contributed by atoms with Gasteiger partial charge in [0.2, 0.25) is 5.91 Å². The van der Waals surface area contributed by atoms with Gasteiger partial charge in [-0.25, -0.2) is 0 Å². The molecule has 6 heteroatoms. The molecule has 0 aromatic rings. The fraction of sp³-hybridized carbons (Fsp3) is 0.545. The number of rotatable bonds is 2. The minimum absolute atomic E-state index is 0.318. The topological polar surface area (TPSA) is 80.5 Å². The fourth-order valence-electron chi connectivity index (χ4n) is 2.11. The minimum Gasteiger partial charge on any atom is -0.368 e. The first-order valence-corrected chi connectivity index (χ1v) is 6.45. The number of allylic oxidation sites excluding steroid dienone is 1. The number of nitrogens with zero attached hydrogens (tertiary/aromatic N) is 1. The van der Waals surface area contributed by atoms with Crippen LogP contribution < -0.4 is 5.73 Å². The van der Waals surface area contributed by atoms with E-state index in [0.29, 0.717) is 4.91 Å². The molecule has 17 heavy (non-hydrogen) atoms. The van der Waals surface area contributed by atoms with E-state index in [0.717, 1.165) is 47.9 Å². The van der Waals surface area contributed by atoms with E-state index in [1.165, 1.54) is 6.42 Å². The van der Waals surface area contributed by atoms with Gasteiger partial charge in [0.1, 0.15) is 6.54 Å². The number of carbonyl (C=O) groups excluding carboxylic acids is 3. The zero-order chi connectivity index (χ0) is 12.4. The predicted octanol–water partition coefficient (Wildman–Crippen LogP) is 1.39. The second-order valence-electron chi connectivity index (χ2n) is 4.22. The molecule has 0 spiro atoms. The van der Waals surface area contributed by atoms with Crippen LogP contribution in [-0.4, -0.2) is 28.5 Å². The molecule has 2 N–H and O–H groups in total. The molecule has 1 saturated heterocycles. The number of thioether (sulfide) groups is 1. The molecule has 1 aliphatic heterocycles. The molecule has 5 nitrogen and oxygen atoms in total. The number of primary amides is 1. The van der Waals surface area contributed by atoms with Gasteiger partial charge in [-0.15, -0.1) is 0 Å². The number of carbonyl (C=O) groups is 3. The Bertz CT molecular complexity index is 409. The average Bonchev–Trinajstić information content (AvgIpc) is 2.58. The molecule has 2 fully saturated rings. The van der Waals surface area contributed by atoms with Crippen molar-refractivity contribution >= 4 is 28.8 Å². The molecule has 0 aromatic carbocycles. The van der Waals surface area contributed by atoms with E-state index >= 15 is 0 Å². The van der Waals surface area contributed by atoms with Crippen molar-refractivity contribution in [1.29, 1.82) is 0 Å². The van der Waals surface area contributed by atoms with Gasteiger partial charge in [0.05, 0.1) is 4.91 Å². The molecular formula is C11H14N2O3S. The Balaban J connectivity index is 2.19. The van der Waals surface area contributed by atoms with Crippen LogP contribution in [0.5, 0.6) is 0 Å². The lowest BCUT2D eigenvalue weighted by Gasteiger charge is -2.15. The Morgan fingerprint density at radius 3 is 2.47 bits per heavy atom. The van der Waals surface area contributed by atoms with Gasteiger partial charge >= 0.3 is 0 Å². The van der Waals surface area contributed by atoms with E-state index in [9.17, 15) is 14.4 Å². The van der Waals surface area contributed by atoms with Crippen molar-refractivity contribution in [2.24, 2.45) is 5.73 Å². The second kappa shape index (κ2) is 4.91. The van der Waals surface area contributed by atoms with Crippen molar-refractivity contribution in [3.8, 4) is 0 Å². The highest BCUT2D eigenvalue weighted by molar-refractivity contribution is 8.18. The third kappa shape index (κ3) is 2.52. The largest absolute Gasteiger partial charge is 0.368 e. The molecule has 0 unspecified atom stereocenters. The standard InChI is InChI=1S/C11H14N2O3S/c12-8(14)6-13-10(15)9(17-11(13)16)7-4-2-1-3-5-7/h1-6H2,(H2,12,14).